The summed E-state index contributed by atoms with van der Waals surface area (Å²) in [6.45, 7) is 4.77. The van der Waals surface area contributed by atoms with Crippen molar-refractivity contribution in [1.82, 2.24) is 5.32 Å². The predicted octanol–water partition coefficient (Wildman–Crippen LogP) is 3.50. The Morgan fingerprint density at radius 1 is 1.19 bits per heavy atom. The van der Waals surface area contributed by atoms with E-state index in [1.165, 1.54) is 5.56 Å². The SMILES string of the molecule is Cc1ccc(C(=O)NCCC(C)c2ccccc2)c(N)c1. The van der Waals surface area contributed by atoms with Gasteiger partial charge in [-0.3, -0.25) is 4.79 Å². The summed E-state index contributed by atoms with van der Waals surface area (Å²) < 4.78 is 0. The van der Waals surface area contributed by atoms with Gasteiger partial charge in [0, 0.05) is 12.2 Å². The van der Waals surface area contributed by atoms with Crippen molar-refractivity contribution in [3.8, 4) is 0 Å². The molecule has 1 atom stereocenters. The maximum absolute atomic E-state index is 12.1. The minimum Gasteiger partial charge on any atom is -0.398 e. The lowest BCUT2D eigenvalue weighted by Crippen LogP contribution is -2.26. The van der Waals surface area contributed by atoms with Gasteiger partial charge in [-0.2, -0.15) is 0 Å². The summed E-state index contributed by atoms with van der Waals surface area (Å²) >= 11 is 0. The number of aryl methyl sites for hydroxylation is 1. The smallest absolute Gasteiger partial charge is 0.253 e. The van der Waals surface area contributed by atoms with Crippen molar-refractivity contribution in [2.24, 2.45) is 0 Å². The zero-order valence-corrected chi connectivity index (χ0v) is 12.6. The van der Waals surface area contributed by atoms with Gasteiger partial charge in [0.2, 0.25) is 0 Å². The molecule has 0 heterocycles. The monoisotopic (exact) mass is 282 g/mol. The maximum Gasteiger partial charge on any atom is 0.253 e. The van der Waals surface area contributed by atoms with Crippen molar-refractivity contribution in [2.45, 2.75) is 26.2 Å². The van der Waals surface area contributed by atoms with Crippen LogP contribution < -0.4 is 11.1 Å². The first kappa shape index (κ1) is 15.1. The predicted molar refractivity (Wildman–Crippen MR) is 87.4 cm³/mol. The van der Waals surface area contributed by atoms with Crippen LogP contribution in [0.3, 0.4) is 0 Å². The van der Waals surface area contributed by atoms with Gasteiger partial charge >= 0.3 is 0 Å². The Balaban J connectivity index is 1.87. The molecule has 0 saturated carbocycles. The fourth-order valence-corrected chi connectivity index (χ4v) is 2.33. The average molecular weight is 282 g/mol. The number of nitrogens with two attached hydrogens (primary N) is 1. The fraction of sp³-hybridized carbons (Fsp3) is 0.278. The van der Waals surface area contributed by atoms with Gasteiger partial charge in [-0.15, -0.1) is 0 Å². The molecule has 2 aromatic carbocycles. The van der Waals surface area contributed by atoms with Gasteiger partial charge in [0.15, 0.2) is 0 Å². The zero-order chi connectivity index (χ0) is 15.2. The summed E-state index contributed by atoms with van der Waals surface area (Å²) in [5.74, 6) is 0.314. The molecule has 0 spiro atoms. The molecule has 3 heteroatoms. The second kappa shape index (κ2) is 6.93. The first-order chi connectivity index (χ1) is 10.1. The molecule has 0 fully saturated rings. The van der Waals surface area contributed by atoms with Gasteiger partial charge in [-0.25, -0.2) is 0 Å². The van der Waals surface area contributed by atoms with Crippen molar-refractivity contribution in [3.05, 3.63) is 65.2 Å². The van der Waals surface area contributed by atoms with E-state index in [-0.39, 0.29) is 5.91 Å². The highest BCUT2D eigenvalue weighted by Gasteiger charge is 2.10. The quantitative estimate of drug-likeness (QED) is 0.825. The van der Waals surface area contributed by atoms with Crippen molar-refractivity contribution in [2.75, 3.05) is 12.3 Å². The molecule has 1 unspecified atom stereocenters. The Kier molecular flexibility index (Phi) is 4.99. The van der Waals surface area contributed by atoms with Crippen molar-refractivity contribution in [3.63, 3.8) is 0 Å². The van der Waals surface area contributed by atoms with Crippen LogP contribution >= 0.6 is 0 Å². The van der Waals surface area contributed by atoms with Crippen LogP contribution in [0.5, 0.6) is 0 Å². The standard InChI is InChI=1S/C18H22N2O/c1-13-8-9-16(17(19)12-13)18(21)20-11-10-14(2)15-6-4-3-5-7-15/h3-9,12,14H,10-11,19H2,1-2H3,(H,20,21). The number of rotatable bonds is 5. The third kappa shape index (κ3) is 4.09. The Hall–Kier alpha value is -2.29. The van der Waals surface area contributed by atoms with Gasteiger partial charge in [0.1, 0.15) is 0 Å². The number of carbonyl (C=O) groups is 1. The zero-order valence-electron chi connectivity index (χ0n) is 12.6. The highest BCUT2D eigenvalue weighted by atomic mass is 16.1. The minimum absolute atomic E-state index is 0.104. The number of anilines is 1. The second-order valence-corrected chi connectivity index (χ2v) is 5.45. The number of amides is 1. The largest absolute Gasteiger partial charge is 0.398 e. The molecule has 21 heavy (non-hydrogen) atoms. The number of hydrogen-bond donors (Lipinski definition) is 2. The Morgan fingerprint density at radius 3 is 2.57 bits per heavy atom. The molecule has 3 nitrogen and oxygen atoms in total. The summed E-state index contributed by atoms with van der Waals surface area (Å²) in [6, 6.07) is 15.8. The van der Waals surface area contributed by atoms with E-state index in [0.717, 1.165) is 12.0 Å². The van der Waals surface area contributed by atoms with Gasteiger partial charge in [0.05, 0.1) is 5.56 Å². The van der Waals surface area contributed by atoms with Gasteiger partial charge < -0.3 is 11.1 Å². The number of nitrogen functional groups attached to an aromatic ring is 1. The molecule has 2 rings (SSSR count). The van der Waals surface area contributed by atoms with Gasteiger partial charge in [-0.1, -0.05) is 43.3 Å². The molecular formula is C18H22N2O. The van der Waals surface area contributed by atoms with Crippen molar-refractivity contribution < 1.29 is 4.79 Å². The summed E-state index contributed by atoms with van der Waals surface area (Å²) in [6.07, 6.45) is 0.904. The van der Waals surface area contributed by atoms with Crippen LogP contribution in [0, 0.1) is 6.92 Å². The Bertz CT molecular complexity index is 608. The molecule has 0 aromatic heterocycles. The molecule has 0 aliphatic rings. The minimum atomic E-state index is -0.104. The number of benzene rings is 2. The van der Waals surface area contributed by atoms with E-state index < -0.39 is 0 Å². The summed E-state index contributed by atoms with van der Waals surface area (Å²) in [4.78, 5) is 12.1. The normalized spacial score (nSPS) is 11.9. The lowest BCUT2D eigenvalue weighted by molar-refractivity contribution is 0.0953. The first-order valence-electron chi connectivity index (χ1n) is 7.27. The van der Waals surface area contributed by atoms with Crippen LogP contribution in [0.1, 0.15) is 40.7 Å². The second-order valence-electron chi connectivity index (χ2n) is 5.45. The van der Waals surface area contributed by atoms with E-state index >= 15 is 0 Å². The Morgan fingerprint density at radius 2 is 1.90 bits per heavy atom. The molecule has 3 N–H and O–H groups in total. The van der Waals surface area contributed by atoms with Crippen LogP contribution in [0.4, 0.5) is 5.69 Å². The van der Waals surface area contributed by atoms with E-state index in [1.807, 2.05) is 37.3 Å². The average Bonchev–Trinajstić information content (AvgIpc) is 2.47. The van der Waals surface area contributed by atoms with E-state index in [4.69, 9.17) is 5.73 Å². The van der Waals surface area contributed by atoms with E-state index in [0.29, 0.717) is 23.7 Å². The molecule has 2 aromatic rings. The molecular weight excluding hydrogens is 260 g/mol. The molecule has 0 aliphatic heterocycles. The highest BCUT2D eigenvalue weighted by Crippen LogP contribution is 2.18. The van der Waals surface area contributed by atoms with Crippen molar-refractivity contribution in [1.29, 1.82) is 0 Å². The molecule has 110 valence electrons. The topological polar surface area (TPSA) is 55.1 Å². The first-order valence-corrected chi connectivity index (χ1v) is 7.27. The highest BCUT2D eigenvalue weighted by molar-refractivity contribution is 5.99. The summed E-state index contributed by atoms with van der Waals surface area (Å²) in [7, 11) is 0. The van der Waals surface area contributed by atoms with Crippen LogP contribution in [0.15, 0.2) is 48.5 Å². The van der Waals surface area contributed by atoms with Crippen LogP contribution in [-0.4, -0.2) is 12.5 Å². The number of nitrogens with one attached hydrogen (secondary N) is 1. The number of hydrogen-bond acceptors (Lipinski definition) is 2. The third-order valence-electron chi connectivity index (χ3n) is 3.68. The summed E-state index contributed by atoms with van der Waals surface area (Å²) in [5.41, 5.74) is 9.31. The van der Waals surface area contributed by atoms with Crippen LogP contribution in [0.25, 0.3) is 0 Å². The van der Waals surface area contributed by atoms with Crippen molar-refractivity contribution >= 4 is 11.6 Å². The molecule has 1 amide bonds. The van der Waals surface area contributed by atoms with E-state index in [9.17, 15) is 4.79 Å². The number of carbonyl (C=O) groups excluding carboxylic acids is 1. The lowest BCUT2D eigenvalue weighted by atomic mass is 9.98. The molecule has 0 bridgehead atoms. The van der Waals surface area contributed by atoms with Gasteiger partial charge in [-0.05, 0) is 42.5 Å². The Labute approximate surface area is 126 Å². The van der Waals surface area contributed by atoms with Crippen LogP contribution in [0.2, 0.25) is 0 Å². The van der Waals surface area contributed by atoms with Gasteiger partial charge in [0.25, 0.3) is 5.91 Å². The van der Waals surface area contributed by atoms with E-state index in [2.05, 4.69) is 24.4 Å². The fourth-order valence-electron chi connectivity index (χ4n) is 2.33. The summed E-state index contributed by atoms with van der Waals surface area (Å²) in [5, 5.41) is 2.94. The lowest BCUT2D eigenvalue weighted by Gasteiger charge is -2.13. The molecule has 0 aliphatic carbocycles. The molecule has 0 radical (unpaired) electrons. The third-order valence-corrected chi connectivity index (χ3v) is 3.68. The van der Waals surface area contributed by atoms with Crippen LogP contribution in [-0.2, 0) is 0 Å². The molecule has 0 saturated heterocycles. The van der Waals surface area contributed by atoms with E-state index in [1.54, 1.807) is 6.07 Å². The maximum atomic E-state index is 12.1.